The molecule has 1 rings (SSSR count). The highest BCUT2D eigenvalue weighted by molar-refractivity contribution is 7.90. The van der Waals surface area contributed by atoms with Crippen LogP contribution in [0.15, 0.2) is 49.8 Å². The standard InChI is InChI=1S/C16H24N2OS/c1-6-8-11-16(7-2,14-10-9-12-17-13-14)18-20(19)15(3,4)5/h6-7,9-10,12-13,18H,1-2,8,11H2,3-5H3. The Kier molecular flexibility index (Phi) is 5.99. The van der Waals surface area contributed by atoms with E-state index in [9.17, 15) is 4.55 Å². The summed E-state index contributed by atoms with van der Waals surface area (Å²) in [5.74, 6) is 0. The zero-order valence-electron chi connectivity index (χ0n) is 12.6. The first-order valence-corrected chi connectivity index (χ1v) is 7.85. The zero-order valence-corrected chi connectivity index (χ0v) is 13.4. The molecule has 1 aromatic rings. The number of nitrogens with one attached hydrogen (secondary N) is 1. The molecule has 2 unspecified atom stereocenters. The summed E-state index contributed by atoms with van der Waals surface area (Å²) in [5.41, 5.74) is 0.412. The maximum atomic E-state index is 12.5. The van der Waals surface area contributed by atoms with Crippen molar-refractivity contribution in [3.8, 4) is 0 Å². The fraction of sp³-hybridized carbons (Fsp3) is 0.438. The second-order valence-electron chi connectivity index (χ2n) is 5.73. The number of allylic oxidation sites excluding steroid dienone is 1. The average Bonchev–Trinajstić information content (AvgIpc) is 2.43. The molecule has 1 aromatic heterocycles. The van der Waals surface area contributed by atoms with Gasteiger partial charge in [-0.25, -0.2) is 0 Å². The Morgan fingerprint density at radius 3 is 2.55 bits per heavy atom. The molecule has 0 aromatic carbocycles. The normalized spacial score (nSPS) is 16.2. The summed E-state index contributed by atoms with van der Waals surface area (Å²) < 4.78 is 15.4. The van der Waals surface area contributed by atoms with E-state index < -0.39 is 16.9 Å². The predicted octanol–water partition coefficient (Wildman–Crippen LogP) is 3.48. The third kappa shape index (κ3) is 4.20. The highest BCUT2D eigenvalue weighted by Crippen LogP contribution is 2.30. The van der Waals surface area contributed by atoms with Crippen LogP contribution in [-0.2, 0) is 16.9 Å². The molecule has 0 aliphatic carbocycles. The molecule has 0 radical (unpaired) electrons. The Labute approximate surface area is 125 Å². The van der Waals surface area contributed by atoms with Gasteiger partial charge in [0.25, 0.3) is 0 Å². The van der Waals surface area contributed by atoms with Crippen molar-refractivity contribution < 1.29 is 4.55 Å². The minimum absolute atomic E-state index is 0.343. The van der Waals surface area contributed by atoms with E-state index in [1.54, 1.807) is 12.4 Å². The molecule has 0 amide bonds. The lowest BCUT2D eigenvalue weighted by molar-refractivity contribution is 0.440. The van der Waals surface area contributed by atoms with Gasteiger partial charge in [-0.2, -0.15) is 0 Å². The Morgan fingerprint density at radius 2 is 2.10 bits per heavy atom. The monoisotopic (exact) mass is 292 g/mol. The Hall–Kier alpha value is -1.10. The van der Waals surface area contributed by atoms with E-state index in [1.807, 2.05) is 45.1 Å². The van der Waals surface area contributed by atoms with E-state index in [0.717, 1.165) is 18.4 Å². The molecule has 4 heteroatoms. The molecule has 0 saturated carbocycles. The number of rotatable bonds is 7. The minimum Gasteiger partial charge on any atom is -0.598 e. The van der Waals surface area contributed by atoms with Gasteiger partial charge in [-0.15, -0.1) is 17.9 Å². The van der Waals surface area contributed by atoms with E-state index in [2.05, 4.69) is 22.9 Å². The van der Waals surface area contributed by atoms with Crippen molar-refractivity contribution in [2.24, 2.45) is 0 Å². The maximum Gasteiger partial charge on any atom is 0.136 e. The molecule has 0 fully saturated rings. The smallest absolute Gasteiger partial charge is 0.136 e. The lowest BCUT2D eigenvalue weighted by atomic mass is 9.87. The Morgan fingerprint density at radius 1 is 1.40 bits per heavy atom. The van der Waals surface area contributed by atoms with E-state index in [-0.39, 0.29) is 4.75 Å². The molecule has 1 heterocycles. The van der Waals surface area contributed by atoms with Gasteiger partial charge in [0, 0.05) is 23.8 Å². The molecule has 2 atom stereocenters. The largest absolute Gasteiger partial charge is 0.598 e. The van der Waals surface area contributed by atoms with Gasteiger partial charge in [-0.3, -0.25) is 4.98 Å². The van der Waals surface area contributed by atoms with Crippen LogP contribution in [0.3, 0.4) is 0 Å². The van der Waals surface area contributed by atoms with Crippen LogP contribution in [0.2, 0.25) is 0 Å². The van der Waals surface area contributed by atoms with Crippen molar-refractivity contribution >= 4 is 11.4 Å². The molecule has 0 saturated heterocycles. The maximum absolute atomic E-state index is 12.5. The van der Waals surface area contributed by atoms with Gasteiger partial charge in [0.15, 0.2) is 0 Å². The summed E-state index contributed by atoms with van der Waals surface area (Å²) in [6, 6.07) is 3.85. The van der Waals surface area contributed by atoms with Crippen molar-refractivity contribution in [1.82, 2.24) is 9.71 Å². The van der Waals surface area contributed by atoms with Crippen LogP contribution >= 0.6 is 0 Å². The Balaban J connectivity index is 3.12. The summed E-state index contributed by atoms with van der Waals surface area (Å²) in [4.78, 5) is 4.16. The van der Waals surface area contributed by atoms with E-state index >= 15 is 0 Å². The number of pyridine rings is 1. The van der Waals surface area contributed by atoms with Crippen molar-refractivity contribution in [1.29, 1.82) is 0 Å². The fourth-order valence-corrected chi connectivity index (χ4v) is 2.73. The Bertz CT molecular complexity index is 442. The van der Waals surface area contributed by atoms with Gasteiger partial charge >= 0.3 is 0 Å². The van der Waals surface area contributed by atoms with Gasteiger partial charge in [-0.05, 0) is 45.2 Å². The first kappa shape index (κ1) is 17.0. The minimum atomic E-state index is -1.19. The SMILES string of the molecule is C=CCCC(C=C)(N[S+]([O-])C(C)(C)C)c1cccnc1. The number of nitrogens with zero attached hydrogens (tertiary/aromatic N) is 1. The molecule has 1 N–H and O–H groups in total. The summed E-state index contributed by atoms with van der Waals surface area (Å²) in [6.07, 6.45) is 8.74. The fourth-order valence-electron chi connectivity index (χ4n) is 1.79. The van der Waals surface area contributed by atoms with Crippen molar-refractivity contribution in [2.75, 3.05) is 0 Å². The zero-order chi connectivity index (χ0) is 15.2. The molecular weight excluding hydrogens is 268 g/mol. The lowest BCUT2D eigenvalue weighted by Gasteiger charge is -2.35. The third-order valence-corrected chi connectivity index (χ3v) is 4.76. The first-order valence-electron chi connectivity index (χ1n) is 6.70. The molecule has 0 aliphatic heterocycles. The van der Waals surface area contributed by atoms with Gasteiger partial charge < -0.3 is 4.55 Å². The molecular formula is C16H24N2OS. The number of hydrogen-bond acceptors (Lipinski definition) is 3. The van der Waals surface area contributed by atoms with Crippen LogP contribution < -0.4 is 4.72 Å². The van der Waals surface area contributed by atoms with Crippen LogP contribution in [-0.4, -0.2) is 14.3 Å². The molecule has 20 heavy (non-hydrogen) atoms. The van der Waals surface area contributed by atoms with Crippen LogP contribution in [0, 0.1) is 0 Å². The topological polar surface area (TPSA) is 48.0 Å². The summed E-state index contributed by atoms with van der Waals surface area (Å²) in [7, 11) is 0. The van der Waals surface area contributed by atoms with Gasteiger partial charge in [0.2, 0.25) is 0 Å². The van der Waals surface area contributed by atoms with Crippen LogP contribution in [0.1, 0.15) is 39.2 Å². The van der Waals surface area contributed by atoms with Gasteiger partial charge in [0.1, 0.15) is 10.3 Å². The quantitative estimate of drug-likeness (QED) is 0.618. The molecule has 0 aliphatic rings. The van der Waals surface area contributed by atoms with E-state index in [1.165, 1.54) is 0 Å². The first-order chi connectivity index (χ1) is 9.35. The van der Waals surface area contributed by atoms with Crippen molar-refractivity contribution in [3.05, 3.63) is 55.4 Å². The molecule has 0 bridgehead atoms. The molecule has 110 valence electrons. The van der Waals surface area contributed by atoms with Crippen molar-refractivity contribution in [3.63, 3.8) is 0 Å². The average molecular weight is 292 g/mol. The summed E-state index contributed by atoms with van der Waals surface area (Å²) in [5, 5.41) is 0. The lowest BCUT2D eigenvalue weighted by Crippen LogP contribution is -2.50. The van der Waals surface area contributed by atoms with Gasteiger partial charge in [0.05, 0.1) is 0 Å². The number of hydrogen-bond donors (Lipinski definition) is 1. The third-order valence-electron chi connectivity index (χ3n) is 3.10. The summed E-state index contributed by atoms with van der Waals surface area (Å²) in [6.45, 7) is 13.5. The highest BCUT2D eigenvalue weighted by Gasteiger charge is 2.38. The van der Waals surface area contributed by atoms with E-state index in [0.29, 0.717) is 0 Å². The van der Waals surface area contributed by atoms with Crippen LogP contribution in [0.25, 0.3) is 0 Å². The summed E-state index contributed by atoms with van der Waals surface area (Å²) >= 11 is -1.19. The molecule has 3 nitrogen and oxygen atoms in total. The van der Waals surface area contributed by atoms with Crippen LogP contribution in [0.4, 0.5) is 0 Å². The molecule has 0 spiro atoms. The van der Waals surface area contributed by atoms with E-state index in [4.69, 9.17) is 0 Å². The number of aromatic nitrogens is 1. The highest BCUT2D eigenvalue weighted by atomic mass is 32.2. The second-order valence-corrected chi connectivity index (χ2v) is 7.69. The van der Waals surface area contributed by atoms with Crippen LogP contribution in [0.5, 0.6) is 0 Å². The second kappa shape index (κ2) is 7.07. The van der Waals surface area contributed by atoms with Crippen molar-refractivity contribution in [2.45, 2.75) is 43.9 Å². The van der Waals surface area contributed by atoms with Gasteiger partial charge in [-0.1, -0.05) is 18.2 Å². The predicted molar refractivity (Wildman–Crippen MR) is 86.6 cm³/mol.